The van der Waals surface area contributed by atoms with Crippen molar-refractivity contribution in [2.24, 2.45) is 13.0 Å². The van der Waals surface area contributed by atoms with E-state index in [1.807, 2.05) is 11.7 Å². The molecule has 1 amide bonds. The standard InChI is InChI=1S/C14H22N4O/c1-4-9-6-7-18-11(8-9)13(19)15-12-10(5-2)16-17(3)14(12)18/h9,11H,4-8H2,1-3H3,(H,15,19). The van der Waals surface area contributed by atoms with Crippen LogP contribution in [0, 0.1) is 5.92 Å². The average molecular weight is 262 g/mol. The smallest absolute Gasteiger partial charge is 0.247 e. The molecule has 0 bridgehead atoms. The lowest BCUT2D eigenvalue weighted by Gasteiger charge is -2.42. The normalized spacial score (nSPS) is 25.8. The molecule has 1 fully saturated rings. The highest BCUT2D eigenvalue weighted by Crippen LogP contribution is 2.39. The van der Waals surface area contributed by atoms with Crippen LogP contribution in [-0.2, 0) is 18.3 Å². The Morgan fingerprint density at radius 2 is 2.21 bits per heavy atom. The monoisotopic (exact) mass is 262 g/mol. The van der Waals surface area contributed by atoms with Crippen molar-refractivity contribution in [1.82, 2.24) is 9.78 Å². The second kappa shape index (κ2) is 4.54. The number of aromatic nitrogens is 2. The van der Waals surface area contributed by atoms with Crippen LogP contribution >= 0.6 is 0 Å². The van der Waals surface area contributed by atoms with Gasteiger partial charge in [-0.15, -0.1) is 0 Å². The van der Waals surface area contributed by atoms with Gasteiger partial charge in [-0.25, -0.2) is 0 Å². The molecule has 1 aromatic rings. The number of hydrogen-bond acceptors (Lipinski definition) is 3. The van der Waals surface area contributed by atoms with Gasteiger partial charge < -0.3 is 10.2 Å². The Bertz CT molecular complexity index is 508. The van der Waals surface area contributed by atoms with Crippen LogP contribution in [0.2, 0.25) is 0 Å². The Morgan fingerprint density at radius 3 is 2.89 bits per heavy atom. The number of carbonyl (C=O) groups excluding carboxylic acids is 1. The Balaban J connectivity index is 2.00. The number of aryl methyl sites for hydroxylation is 2. The quantitative estimate of drug-likeness (QED) is 0.886. The Morgan fingerprint density at radius 1 is 1.42 bits per heavy atom. The van der Waals surface area contributed by atoms with Crippen molar-refractivity contribution in [3.05, 3.63) is 5.69 Å². The van der Waals surface area contributed by atoms with Crippen LogP contribution in [0.4, 0.5) is 11.5 Å². The first kappa shape index (κ1) is 12.5. The number of nitrogens with zero attached hydrogens (tertiary/aromatic N) is 3. The summed E-state index contributed by atoms with van der Waals surface area (Å²) in [6.45, 7) is 5.25. The molecular weight excluding hydrogens is 240 g/mol. The molecule has 3 heterocycles. The van der Waals surface area contributed by atoms with Crippen molar-refractivity contribution in [3.8, 4) is 0 Å². The highest BCUT2D eigenvalue weighted by atomic mass is 16.2. The SMILES string of the molecule is CCc1nn(C)c2c1NC(=O)C1CC(CC)CCN21. The van der Waals surface area contributed by atoms with Crippen LogP contribution < -0.4 is 10.2 Å². The molecule has 1 N–H and O–H groups in total. The summed E-state index contributed by atoms with van der Waals surface area (Å²) in [5.41, 5.74) is 1.92. The summed E-state index contributed by atoms with van der Waals surface area (Å²) in [6, 6.07) is -0.00805. The topological polar surface area (TPSA) is 50.2 Å². The molecular formula is C14H22N4O. The Kier molecular flexibility index (Phi) is 2.99. The lowest BCUT2D eigenvalue weighted by Crippen LogP contribution is -2.53. The van der Waals surface area contributed by atoms with Crippen molar-refractivity contribution in [2.45, 2.75) is 45.6 Å². The minimum atomic E-state index is -0.00805. The zero-order valence-electron chi connectivity index (χ0n) is 11.9. The number of hydrogen-bond donors (Lipinski definition) is 1. The number of carbonyl (C=O) groups is 1. The predicted molar refractivity (Wildman–Crippen MR) is 75.4 cm³/mol. The van der Waals surface area contributed by atoms with E-state index in [1.54, 1.807) is 0 Å². The molecule has 0 spiro atoms. The van der Waals surface area contributed by atoms with E-state index >= 15 is 0 Å². The molecule has 3 rings (SSSR count). The highest BCUT2D eigenvalue weighted by Gasteiger charge is 2.40. The number of nitrogens with one attached hydrogen (secondary N) is 1. The van der Waals surface area contributed by atoms with E-state index in [1.165, 1.54) is 6.42 Å². The maximum absolute atomic E-state index is 12.3. The summed E-state index contributed by atoms with van der Waals surface area (Å²) in [5, 5.41) is 7.62. The van der Waals surface area contributed by atoms with Crippen LogP contribution in [0.5, 0.6) is 0 Å². The van der Waals surface area contributed by atoms with E-state index in [0.717, 1.165) is 43.0 Å². The van der Waals surface area contributed by atoms with Gasteiger partial charge in [-0.1, -0.05) is 20.3 Å². The van der Waals surface area contributed by atoms with Crippen molar-refractivity contribution >= 4 is 17.4 Å². The summed E-state index contributed by atoms with van der Waals surface area (Å²) in [7, 11) is 1.97. The first-order valence-electron chi connectivity index (χ1n) is 7.29. The molecule has 2 atom stereocenters. The van der Waals surface area contributed by atoms with Gasteiger partial charge in [0.05, 0.1) is 5.69 Å². The van der Waals surface area contributed by atoms with Crippen LogP contribution in [0.25, 0.3) is 0 Å². The fraction of sp³-hybridized carbons (Fsp3) is 0.714. The molecule has 0 radical (unpaired) electrons. The lowest BCUT2D eigenvalue weighted by molar-refractivity contribution is -0.118. The molecule has 0 aromatic carbocycles. The van der Waals surface area contributed by atoms with Gasteiger partial charge in [0.2, 0.25) is 5.91 Å². The maximum atomic E-state index is 12.3. The summed E-state index contributed by atoms with van der Waals surface area (Å²) in [4.78, 5) is 14.6. The number of piperidine rings is 1. The van der Waals surface area contributed by atoms with Crippen LogP contribution in [0.15, 0.2) is 0 Å². The summed E-state index contributed by atoms with van der Waals surface area (Å²) < 4.78 is 1.92. The molecule has 5 heteroatoms. The molecule has 1 aromatic heterocycles. The van der Waals surface area contributed by atoms with Gasteiger partial charge in [0, 0.05) is 13.6 Å². The second-order valence-electron chi connectivity index (χ2n) is 5.62. The van der Waals surface area contributed by atoms with E-state index in [-0.39, 0.29) is 11.9 Å². The zero-order chi connectivity index (χ0) is 13.6. The van der Waals surface area contributed by atoms with Gasteiger partial charge in [0.25, 0.3) is 0 Å². The number of amides is 1. The highest BCUT2D eigenvalue weighted by molar-refractivity contribution is 6.03. The van der Waals surface area contributed by atoms with Gasteiger partial charge in [-0.2, -0.15) is 5.10 Å². The molecule has 5 nitrogen and oxygen atoms in total. The van der Waals surface area contributed by atoms with Gasteiger partial charge in [-0.3, -0.25) is 9.48 Å². The molecule has 2 unspecified atom stereocenters. The first-order chi connectivity index (χ1) is 9.15. The van der Waals surface area contributed by atoms with Gasteiger partial charge >= 0.3 is 0 Å². The van der Waals surface area contributed by atoms with Crippen LogP contribution in [0.3, 0.4) is 0 Å². The molecule has 2 aliphatic heterocycles. The average Bonchev–Trinajstić information content (AvgIpc) is 2.75. The minimum Gasteiger partial charge on any atom is -0.343 e. The summed E-state index contributed by atoms with van der Waals surface area (Å²) in [6.07, 6.45) is 4.15. The van der Waals surface area contributed by atoms with Gasteiger partial charge in [0.15, 0.2) is 5.82 Å². The largest absolute Gasteiger partial charge is 0.343 e. The fourth-order valence-corrected chi connectivity index (χ4v) is 3.39. The molecule has 1 saturated heterocycles. The van der Waals surface area contributed by atoms with E-state index in [2.05, 4.69) is 29.2 Å². The third kappa shape index (κ3) is 1.83. The number of fused-ring (bicyclic) bond motifs is 3. The first-order valence-corrected chi connectivity index (χ1v) is 7.29. The Labute approximate surface area is 114 Å². The summed E-state index contributed by atoms with van der Waals surface area (Å²) in [5.74, 6) is 1.91. The minimum absolute atomic E-state index is 0.00805. The van der Waals surface area contributed by atoms with E-state index < -0.39 is 0 Å². The predicted octanol–water partition coefficient (Wildman–Crippen LogP) is 1.93. The van der Waals surface area contributed by atoms with Crippen molar-refractivity contribution < 1.29 is 4.79 Å². The third-order valence-corrected chi connectivity index (χ3v) is 4.54. The number of anilines is 2. The van der Waals surface area contributed by atoms with E-state index in [4.69, 9.17) is 0 Å². The third-order valence-electron chi connectivity index (χ3n) is 4.54. The van der Waals surface area contributed by atoms with E-state index in [0.29, 0.717) is 5.92 Å². The molecule has 19 heavy (non-hydrogen) atoms. The molecule has 2 aliphatic rings. The lowest BCUT2D eigenvalue weighted by atomic mass is 9.87. The van der Waals surface area contributed by atoms with Crippen LogP contribution in [0.1, 0.15) is 38.8 Å². The Hall–Kier alpha value is -1.52. The second-order valence-corrected chi connectivity index (χ2v) is 5.62. The van der Waals surface area contributed by atoms with Crippen LogP contribution in [-0.4, -0.2) is 28.3 Å². The molecule has 0 aliphatic carbocycles. The number of rotatable bonds is 2. The van der Waals surface area contributed by atoms with Crippen molar-refractivity contribution in [1.29, 1.82) is 0 Å². The molecule has 0 saturated carbocycles. The van der Waals surface area contributed by atoms with Gasteiger partial charge in [0.1, 0.15) is 11.7 Å². The summed E-state index contributed by atoms with van der Waals surface area (Å²) >= 11 is 0. The fourth-order valence-electron chi connectivity index (χ4n) is 3.39. The van der Waals surface area contributed by atoms with Crippen molar-refractivity contribution in [3.63, 3.8) is 0 Å². The zero-order valence-corrected chi connectivity index (χ0v) is 11.9. The maximum Gasteiger partial charge on any atom is 0.247 e. The molecule has 104 valence electrons. The van der Waals surface area contributed by atoms with Crippen molar-refractivity contribution in [2.75, 3.05) is 16.8 Å². The van der Waals surface area contributed by atoms with Gasteiger partial charge in [-0.05, 0) is 25.2 Å². The van der Waals surface area contributed by atoms with E-state index in [9.17, 15) is 4.79 Å².